The molecule has 1 aliphatic heterocycles. The molecule has 0 spiro atoms. The van der Waals surface area contributed by atoms with Gasteiger partial charge in [0.15, 0.2) is 0 Å². The maximum absolute atomic E-state index is 13.3. The average molecular weight is 236 g/mol. The zero-order chi connectivity index (χ0) is 12.4. The summed E-state index contributed by atoms with van der Waals surface area (Å²) in [6.45, 7) is 0.602. The van der Waals surface area contributed by atoms with Crippen LogP contribution < -0.4 is 5.32 Å². The van der Waals surface area contributed by atoms with Crippen LogP contribution in [0.25, 0.3) is 0 Å². The van der Waals surface area contributed by atoms with Gasteiger partial charge in [-0.15, -0.1) is 0 Å². The summed E-state index contributed by atoms with van der Waals surface area (Å²) < 4.78 is 26.6. The molecule has 0 saturated carbocycles. The zero-order valence-electron chi connectivity index (χ0n) is 8.96. The number of halogens is 2. The standard InChI is InChI=1S/C12H10F2N2O/c13-10-4-7(5-11(14)9(10)6-15)3-8-1-2-16-12(8)17/h4-5,8H,1-3H2,(H,16,17). The van der Waals surface area contributed by atoms with E-state index in [0.717, 1.165) is 12.1 Å². The van der Waals surface area contributed by atoms with E-state index in [4.69, 9.17) is 5.26 Å². The van der Waals surface area contributed by atoms with Gasteiger partial charge in [-0.2, -0.15) is 5.26 Å². The Hall–Kier alpha value is -1.96. The van der Waals surface area contributed by atoms with Crippen molar-refractivity contribution in [3.63, 3.8) is 0 Å². The lowest BCUT2D eigenvalue weighted by atomic mass is 9.97. The topological polar surface area (TPSA) is 52.9 Å². The van der Waals surface area contributed by atoms with Crippen molar-refractivity contribution in [2.45, 2.75) is 12.8 Å². The van der Waals surface area contributed by atoms with Crippen LogP contribution in [0.2, 0.25) is 0 Å². The number of hydrogen-bond donors (Lipinski definition) is 1. The molecule has 1 amide bonds. The highest BCUT2D eigenvalue weighted by molar-refractivity contribution is 5.80. The van der Waals surface area contributed by atoms with Crippen molar-refractivity contribution >= 4 is 5.91 Å². The molecule has 0 radical (unpaired) electrons. The molecule has 1 heterocycles. The number of nitrogens with zero attached hydrogens (tertiary/aromatic N) is 1. The predicted molar refractivity (Wildman–Crippen MR) is 55.9 cm³/mol. The van der Waals surface area contributed by atoms with E-state index in [0.29, 0.717) is 24.9 Å². The first-order chi connectivity index (χ1) is 8.11. The summed E-state index contributed by atoms with van der Waals surface area (Å²) in [7, 11) is 0. The molecule has 2 rings (SSSR count). The molecule has 17 heavy (non-hydrogen) atoms. The van der Waals surface area contributed by atoms with Crippen molar-refractivity contribution in [3.8, 4) is 6.07 Å². The minimum absolute atomic E-state index is 0.0878. The van der Waals surface area contributed by atoms with Gasteiger partial charge in [0.1, 0.15) is 23.3 Å². The van der Waals surface area contributed by atoms with Gasteiger partial charge in [0, 0.05) is 12.5 Å². The van der Waals surface area contributed by atoms with Crippen molar-refractivity contribution in [1.82, 2.24) is 5.32 Å². The van der Waals surface area contributed by atoms with E-state index < -0.39 is 17.2 Å². The number of nitrogens with one attached hydrogen (secondary N) is 1. The number of hydrogen-bond acceptors (Lipinski definition) is 2. The Morgan fingerprint density at radius 1 is 1.41 bits per heavy atom. The summed E-state index contributed by atoms with van der Waals surface area (Å²) in [6.07, 6.45) is 0.966. The number of rotatable bonds is 2. The van der Waals surface area contributed by atoms with Crippen LogP contribution in [-0.4, -0.2) is 12.5 Å². The molecule has 1 unspecified atom stereocenters. The molecule has 3 nitrogen and oxygen atoms in total. The summed E-state index contributed by atoms with van der Waals surface area (Å²) in [5.41, 5.74) is -0.175. The Morgan fingerprint density at radius 3 is 2.53 bits per heavy atom. The van der Waals surface area contributed by atoms with Crippen LogP contribution in [-0.2, 0) is 11.2 Å². The van der Waals surface area contributed by atoms with Gasteiger partial charge in [0.2, 0.25) is 5.91 Å². The van der Waals surface area contributed by atoms with Gasteiger partial charge < -0.3 is 5.32 Å². The molecule has 1 atom stereocenters. The zero-order valence-corrected chi connectivity index (χ0v) is 8.96. The maximum Gasteiger partial charge on any atom is 0.223 e. The quantitative estimate of drug-likeness (QED) is 0.846. The summed E-state index contributed by atoms with van der Waals surface area (Å²) in [5, 5.41) is 11.2. The maximum atomic E-state index is 13.3. The normalized spacial score (nSPS) is 18.9. The van der Waals surface area contributed by atoms with Gasteiger partial charge in [0.05, 0.1) is 0 Å². The third-order valence-corrected chi connectivity index (χ3v) is 2.86. The Bertz CT molecular complexity index is 485. The summed E-state index contributed by atoms with van der Waals surface area (Å²) in [6, 6.07) is 3.70. The second kappa shape index (κ2) is 4.50. The van der Waals surface area contributed by atoms with Gasteiger partial charge in [-0.25, -0.2) is 8.78 Å². The summed E-state index contributed by atoms with van der Waals surface area (Å²) >= 11 is 0. The molecule has 5 heteroatoms. The molecule has 88 valence electrons. The Kier molecular flexibility index (Phi) is 3.05. The fourth-order valence-electron chi connectivity index (χ4n) is 1.97. The smallest absolute Gasteiger partial charge is 0.223 e. The first-order valence-corrected chi connectivity index (χ1v) is 5.27. The minimum atomic E-state index is -0.874. The van der Waals surface area contributed by atoms with E-state index in [1.165, 1.54) is 6.07 Å². The molecule has 0 aliphatic carbocycles. The lowest BCUT2D eigenvalue weighted by Crippen LogP contribution is -2.20. The van der Waals surface area contributed by atoms with Gasteiger partial charge >= 0.3 is 0 Å². The molecule has 1 N–H and O–H groups in total. The van der Waals surface area contributed by atoms with Crippen molar-refractivity contribution in [2.24, 2.45) is 5.92 Å². The van der Waals surface area contributed by atoms with Gasteiger partial charge in [-0.3, -0.25) is 4.79 Å². The van der Waals surface area contributed by atoms with Crippen LogP contribution in [0.5, 0.6) is 0 Å². The largest absolute Gasteiger partial charge is 0.356 e. The fraction of sp³-hybridized carbons (Fsp3) is 0.333. The van der Waals surface area contributed by atoms with Crippen LogP contribution in [0.3, 0.4) is 0 Å². The summed E-state index contributed by atoms with van der Waals surface area (Å²) in [4.78, 5) is 11.3. The number of amides is 1. The first kappa shape index (κ1) is 11.5. The van der Waals surface area contributed by atoms with Crippen LogP contribution in [0.4, 0.5) is 8.78 Å². The molecule has 0 bridgehead atoms. The average Bonchev–Trinajstić information content (AvgIpc) is 2.64. The Labute approximate surface area is 97.1 Å². The highest BCUT2D eigenvalue weighted by Gasteiger charge is 2.24. The lowest BCUT2D eigenvalue weighted by molar-refractivity contribution is -0.122. The molecular weight excluding hydrogens is 226 g/mol. The number of benzene rings is 1. The van der Waals surface area contributed by atoms with E-state index in [2.05, 4.69) is 5.32 Å². The number of nitriles is 1. The fourth-order valence-corrected chi connectivity index (χ4v) is 1.97. The molecule has 1 aliphatic rings. The Balaban J connectivity index is 2.23. The lowest BCUT2D eigenvalue weighted by Gasteiger charge is -2.07. The van der Waals surface area contributed by atoms with Gasteiger partial charge in [-0.05, 0) is 30.5 Å². The van der Waals surface area contributed by atoms with Crippen LogP contribution in [0.1, 0.15) is 17.5 Å². The van der Waals surface area contributed by atoms with Gasteiger partial charge in [0.25, 0.3) is 0 Å². The van der Waals surface area contributed by atoms with Crippen LogP contribution >= 0.6 is 0 Å². The van der Waals surface area contributed by atoms with E-state index in [1.54, 1.807) is 0 Å². The van der Waals surface area contributed by atoms with E-state index in [-0.39, 0.29) is 11.8 Å². The Morgan fingerprint density at radius 2 is 2.06 bits per heavy atom. The van der Waals surface area contributed by atoms with Crippen molar-refractivity contribution in [3.05, 3.63) is 34.9 Å². The minimum Gasteiger partial charge on any atom is -0.356 e. The first-order valence-electron chi connectivity index (χ1n) is 5.27. The molecule has 0 aromatic heterocycles. The number of carbonyl (C=O) groups excluding carboxylic acids is 1. The molecule has 1 saturated heterocycles. The van der Waals surface area contributed by atoms with Gasteiger partial charge in [-0.1, -0.05) is 0 Å². The molecule has 1 fully saturated rings. The van der Waals surface area contributed by atoms with E-state index in [9.17, 15) is 13.6 Å². The molecular formula is C12H10F2N2O. The monoisotopic (exact) mass is 236 g/mol. The predicted octanol–water partition coefficient (Wildman–Crippen LogP) is 1.52. The van der Waals surface area contributed by atoms with Crippen molar-refractivity contribution < 1.29 is 13.6 Å². The van der Waals surface area contributed by atoms with Crippen molar-refractivity contribution in [2.75, 3.05) is 6.54 Å². The highest BCUT2D eigenvalue weighted by Crippen LogP contribution is 2.20. The van der Waals surface area contributed by atoms with Crippen LogP contribution in [0, 0.1) is 28.9 Å². The van der Waals surface area contributed by atoms with Crippen molar-refractivity contribution in [1.29, 1.82) is 5.26 Å². The molecule has 1 aromatic carbocycles. The third kappa shape index (κ3) is 2.26. The van der Waals surface area contributed by atoms with E-state index >= 15 is 0 Å². The summed E-state index contributed by atoms with van der Waals surface area (Å²) in [5.74, 6) is -2.07. The van der Waals surface area contributed by atoms with E-state index in [1.807, 2.05) is 0 Å². The number of carbonyl (C=O) groups is 1. The highest BCUT2D eigenvalue weighted by atomic mass is 19.1. The third-order valence-electron chi connectivity index (χ3n) is 2.86. The SMILES string of the molecule is N#Cc1c(F)cc(CC2CCNC2=O)cc1F. The molecule has 1 aromatic rings. The second-order valence-corrected chi connectivity index (χ2v) is 4.03. The second-order valence-electron chi connectivity index (χ2n) is 4.03. The van der Waals surface area contributed by atoms with Crippen LogP contribution in [0.15, 0.2) is 12.1 Å².